The molecule has 0 spiro atoms. The summed E-state index contributed by atoms with van der Waals surface area (Å²) >= 11 is 0. The Morgan fingerprint density at radius 1 is 1.07 bits per heavy atom. The smallest absolute Gasteiger partial charge is 0.191 e. The molecule has 1 aromatic heterocycles. The molecule has 1 fully saturated rings. The third-order valence-electron chi connectivity index (χ3n) is 5.27. The van der Waals surface area contributed by atoms with E-state index in [9.17, 15) is 0 Å². The number of benzene rings is 1. The summed E-state index contributed by atoms with van der Waals surface area (Å²) in [6.07, 6.45) is 5.13. The molecule has 5 nitrogen and oxygen atoms in total. The Morgan fingerprint density at radius 3 is 2.39 bits per heavy atom. The molecule has 2 heterocycles. The first-order chi connectivity index (χ1) is 13.5. The van der Waals surface area contributed by atoms with Crippen LogP contribution >= 0.6 is 0 Å². The van der Waals surface area contributed by atoms with Gasteiger partial charge in [-0.25, -0.2) is 4.98 Å². The van der Waals surface area contributed by atoms with Gasteiger partial charge in [0.2, 0.25) is 0 Å². The lowest BCUT2D eigenvalue weighted by Gasteiger charge is -2.33. The molecule has 0 aliphatic carbocycles. The van der Waals surface area contributed by atoms with E-state index in [0.717, 1.165) is 50.7 Å². The average molecular weight is 380 g/mol. The van der Waals surface area contributed by atoms with Gasteiger partial charge in [0.05, 0.1) is 0 Å². The van der Waals surface area contributed by atoms with E-state index in [1.54, 1.807) is 0 Å². The first-order valence-corrected chi connectivity index (χ1v) is 10.3. The molecule has 0 bridgehead atoms. The van der Waals surface area contributed by atoms with Crippen LogP contribution in [0.4, 0.5) is 5.82 Å². The van der Waals surface area contributed by atoms with Crippen LogP contribution in [0.2, 0.25) is 0 Å². The van der Waals surface area contributed by atoms with E-state index in [2.05, 4.69) is 76.6 Å². The van der Waals surface area contributed by atoms with Gasteiger partial charge in [0.15, 0.2) is 5.96 Å². The zero-order valence-electron chi connectivity index (χ0n) is 17.6. The number of guanidine groups is 1. The lowest BCUT2D eigenvalue weighted by atomic mass is 10.0. The number of anilines is 1. The van der Waals surface area contributed by atoms with Gasteiger partial charge in [0.25, 0.3) is 0 Å². The SMILES string of the molecule is CN=C(NCCc1cc(C)cc(C)c1)NC1CCN(c2ccc(C)cn2)CC1. The van der Waals surface area contributed by atoms with Crippen LogP contribution in [0.25, 0.3) is 0 Å². The van der Waals surface area contributed by atoms with E-state index < -0.39 is 0 Å². The summed E-state index contributed by atoms with van der Waals surface area (Å²) in [4.78, 5) is 11.3. The van der Waals surface area contributed by atoms with Crippen molar-refractivity contribution >= 4 is 11.8 Å². The average Bonchev–Trinajstić information content (AvgIpc) is 2.68. The molecule has 0 amide bonds. The number of rotatable bonds is 5. The molecule has 28 heavy (non-hydrogen) atoms. The molecule has 2 N–H and O–H groups in total. The zero-order chi connectivity index (χ0) is 19.9. The standard InChI is InChI=1S/C23H33N5/c1-17-5-6-22(26-16-17)28-11-8-21(9-12-28)27-23(24-4)25-10-7-20-14-18(2)13-19(3)15-20/h5-6,13-16,21H,7-12H2,1-4H3,(H2,24,25,27). The molecule has 0 radical (unpaired) electrons. The summed E-state index contributed by atoms with van der Waals surface area (Å²) in [6.45, 7) is 9.31. The van der Waals surface area contributed by atoms with Crippen molar-refractivity contribution in [2.45, 2.75) is 46.1 Å². The first-order valence-electron chi connectivity index (χ1n) is 10.3. The highest BCUT2D eigenvalue weighted by molar-refractivity contribution is 5.80. The number of pyridine rings is 1. The van der Waals surface area contributed by atoms with Gasteiger partial charge in [0.1, 0.15) is 5.82 Å². The Bertz CT molecular complexity index is 769. The van der Waals surface area contributed by atoms with Crippen LogP contribution in [0, 0.1) is 20.8 Å². The van der Waals surface area contributed by atoms with Gasteiger partial charge in [-0.15, -0.1) is 0 Å². The normalized spacial score (nSPS) is 15.6. The molecule has 1 aliphatic rings. The van der Waals surface area contributed by atoms with Crippen molar-refractivity contribution in [1.29, 1.82) is 0 Å². The quantitative estimate of drug-likeness (QED) is 0.618. The van der Waals surface area contributed by atoms with Crippen molar-refractivity contribution in [2.24, 2.45) is 4.99 Å². The monoisotopic (exact) mass is 379 g/mol. The summed E-state index contributed by atoms with van der Waals surface area (Å²) in [5, 5.41) is 7.05. The van der Waals surface area contributed by atoms with Crippen LogP contribution in [-0.2, 0) is 6.42 Å². The fourth-order valence-electron chi connectivity index (χ4n) is 3.83. The Kier molecular flexibility index (Phi) is 6.90. The van der Waals surface area contributed by atoms with Gasteiger partial charge in [-0.05, 0) is 57.2 Å². The number of hydrogen-bond donors (Lipinski definition) is 2. The van der Waals surface area contributed by atoms with E-state index in [1.165, 1.54) is 22.3 Å². The van der Waals surface area contributed by atoms with Crippen molar-refractivity contribution in [2.75, 3.05) is 31.6 Å². The Balaban J connectivity index is 1.43. The summed E-state index contributed by atoms with van der Waals surface area (Å²) in [7, 11) is 1.84. The lowest BCUT2D eigenvalue weighted by molar-refractivity contribution is 0.459. The van der Waals surface area contributed by atoms with Crippen LogP contribution in [0.1, 0.15) is 35.1 Å². The minimum atomic E-state index is 0.453. The van der Waals surface area contributed by atoms with Gasteiger partial charge >= 0.3 is 0 Å². The van der Waals surface area contributed by atoms with E-state index >= 15 is 0 Å². The summed E-state index contributed by atoms with van der Waals surface area (Å²) in [6, 6.07) is 11.5. The molecule has 0 saturated carbocycles. The van der Waals surface area contributed by atoms with Gasteiger partial charge in [0, 0.05) is 38.9 Å². The number of aromatic nitrogens is 1. The van der Waals surface area contributed by atoms with Gasteiger partial charge < -0.3 is 15.5 Å². The van der Waals surface area contributed by atoms with Gasteiger partial charge in [-0.1, -0.05) is 35.4 Å². The summed E-state index contributed by atoms with van der Waals surface area (Å²) < 4.78 is 0. The molecule has 3 rings (SSSR count). The third kappa shape index (κ3) is 5.72. The second kappa shape index (κ2) is 9.58. The maximum absolute atomic E-state index is 4.56. The molecular weight excluding hydrogens is 346 g/mol. The van der Waals surface area contributed by atoms with E-state index in [-0.39, 0.29) is 0 Å². The fraction of sp³-hybridized carbons (Fsp3) is 0.478. The largest absolute Gasteiger partial charge is 0.356 e. The van der Waals surface area contributed by atoms with Crippen molar-refractivity contribution in [3.8, 4) is 0 Å². The number of nitrogens with zero attached hydrogens (tertiary/aromatic N) is 3. The van der Waals surface area contributed by atoms with Crippen molar-refractivity contribution in [1.82, 2.24) is 15.6 Å². The van der Waals surface area contributed by atoms with Gasteiger partial charge in [-0.3, -0.25) is 4.99 Å². The molecule has 1 saturated heterocycles. The van der Waals surface area contributed by atoms with Crippen molar-refractivity contribution < 1.29 is 0 Å². The highest BCUT2D eigenvalue weighted by atomic mass is 15.2. The molecule has 1 aromatic carbocycles. The zero-order valence-corrected chi connectivity index (χ0v) is 17.6. The third-order valence-corrected chi connectivity index (χ3v) is 5.27. The number of hydrogen-bond acceptors (Lipinski definition) is 3. The Hall–Kier alpha value is -2.56. The predicted molar refractivity (Wildman–Crippen MR) is 118 cm³/mol. The molecule has 0 unspecified atom stereocenters. The minimum absolute atomic E-state index is 0.453. The summed E-state index contributed by atoms with van der Waals surface area (Å²) in [5.74, 6) is 1.98. The second-order valence-corrected chi connectivity index (χ2v) is 7.84. The maximum atomic E-state index is 4.56. The molecule has 1 aliphatic heterocycles. The maximum Gasteiger partial charge on any atom is 0.191 e. The highest BCUT2D eigenvalue weighted by Gasteiger charge is 2.20. The summed E-state index contributed by atoms with van der Waals surface area (Å²) in [5.41, 5.74) is 5.23. The van der Waals surface area contributed by atoms with E-state index in [0.29, 0.717) is 6.04 Å². The van der Waals surface area contributed by atoms with E-state index in [4.69, 9.17) is 0 Å². The Labute approximate surface area is 169 Å². The van der Waals surface area contributed by atoms with Gasteiger partial charge in [-0.2, -0.15) is 0 Å². The molecule has 5 heteroatoms. The van der Waals surface area contributed by atoms with Crippen LogP contribution < -0.4 is 15.5 Å². The number of aryl methyl sites for hydroxylation is 3. The van der Waals surface area contributed by atoms with Crippen LogP contribution in [0.15, 0.2) is 41.5 Å². The predicted octanol–water partition coefficient (Wildman–Crippen LogP) is 3.38. The lowest BCUT2D eigenvalue weighted by Crippen LogP contribution is -2.49. The van der Waals surface area contributed by atoms with Crippen LogP contribution in [-0.4, -0.2) is 43.7 Å². The minimum Gasteiger partial charge on any atom is -0.356 e. The molecular formula is C23H33N5. The topological polar surface area (TPSA) is 52.6 Å². The fourth-order valence-corrected chi connectivity index (χ4v) is 3.83. The van der Waals surface area contributed by atoms with Crippen LogP contribution in [0.3, 0.4) is 0 Å². The number of aliphatic imine (C=N–C) groups is 1. The molecule has 150 valence electrons. The second-order valence-electron chi connectivity index (χ2n) is 7.84. The van der Waals surface area contributed by atoms with Crippen LogP contribution in [0.5, 0.6) is 0 Å². The number of nitrogens with one attached hydrogen (secondary N) is 2. The first kappa shape index (κ1) is 20.2. The van der Waals surface area contributed by atoms with Crippen molar-refractivity contribution in [3.05, 3.63) is 58.8 Å². The van der Waals surface area contributed by atoms with Crippen molar-refractivity contribution in [3.63, 3.8) is 0 Å². The molecule has 0 atom stereocenters. The molecule has 2 aromatic rings. The number of piperidine rings is 1. The Morgan fingerprint density at radius 2 is 1.79 bits per heavy atom. The highest BCUT2D eigenvalue weighted by Crippen LogP contribution is 2.18. The van der Waals surface area contributed by atoms with E-state index in [1.807, 2.05) is 13.2 Å².